The predicted octanol–water partition coefficient (Wildman–Crippen LogP) is 4.26. The maximum Gasteiger partial charge on any atom is 0.407 e. The summed E-state index contributed by atoms with van der Waals surface area (Å²) in [6, 6.07) is 16.5. The first-order valence-electron chi connectivity index (χ1n) is 12.6. The fourth-order valence-electron chi connectivity index (χ4n) is 6.08. The summed E-state index contributed by atoms with van der Waals surface area (Å²) >= 11 is 0. The molecule has 2 aromatic rings. The number of hydrogen-bond donors (Lipinski definition) is 2. The van der Waals surface area contributed by atoms with Crippen LogP contribution in [0.25, 0.3) is 11.1 Å². The minimum atomic E-state index is -0.831. The third-order valence-corrected chi connectivity index (χ3v) is 7.91. The van der Waals surface area contributed by atoms with Crippen molar-refractivity contribution in [2.75, 3.05) is 26.2 Å². The van der Waals surface area contributed by atoms with Crippen molar-refractivity contribution in [3.05, 3.63) is 59.7 Å². The Morgan fingerprint density at radius 3 is 2.31 bits per heavy atom. The maximum atomic E-state index is 13.1. The molecule has 7 heteroatoms. The Labute approximate surface area is 205 Å². The van der Waals surface area contributed by atoms with E-state index in [0.717, 1.165) is 25.7 Å². The normalized spacial score (nSPS) is 23.4. The van der Waals surface area contributed by atoms with Crippen LogP contribution >= 0.6 is 0 Å². The second-order valence-electron chi connectivity index (χ2n) is 9.97. The second-order valence-corrected chi connectivity index (χ2v) is 9.97. The molecule has 35 heavy (non-hydrogen) atoms. The molecule has 1 saturated carbocycles. The summed E-state index contributed by atoms with van der Waals surface area (Å²) in [5.74, 6) is -1.39. The van der Waals surface area contributed by atoms with Crippen molar-refractivity contribution >= 4 is 18.0 Å². The van der Waals surface area contributed by atoms with Crippen molar-refractivity contribution in [3.8, 4) is 11.1 Å². The molecule has 5 rings (SSSR count). The van der Waals surface area contributed by atoms with Gasteiger partial charge in [0.2, 0.25) is 5.91 Å². The molecule has 2 aromatic carbocycles. The summed E-state index contributed by atoms with van der Waals surface area (Å²) in [7, 11) is 0. The Kier molecular flexibility index (Phi) is 6.75. The van der Waals surface area contributed by atoms with Crippen LogP contribution in [0, 0.1) is 17.8 Å². The van der Waals surface area contributed by atoms with Gasteiger partial charge in [-0.25, -0.2) is 4.79 Å². The molecule has 1 saturated heterocycles. The third kappa shape index (κ3) is 4.77. The van der Waals surface area contributed by atoms with Crippen molar-refractivity contribution in [1.82, 2.24) is 10.2 Å². The van der Waals surface area contributed by atoms with E-state index in [1.165, 1.54) is 22.3 Å². The molecule has 2 amide bonds. The number of carboxylic acids is 1. The van der Waals surface area contributed by atoms with Crippen LogP contribution in [0.15, 0.2) is 48.5 Å². The zero-order chi connectivity index (χ0) is 24.4. The first-order valence-corrected chi connectivity index (χ1v) is 12.6. The zero-order valence-electron chi connectivity index (χ0n) is 19.8. The molecule has 0 spiro atoms. The minimum absolute atomic E-state index is 0.00948. The van der Waals surface area contributed by atoms with Gasteiger partial charge in [0, 0.05) is 31.5 Å². The summed E-state index contributed by atoms with van der Waals surface area (Å²) in [6.45, 7) is 1.56. The molecule has 2 N–H and O–H groups in total. The number of ether oxygens (including phenoxy) is 1. The first-order chi connectivity index (χ1) is 17.0. The lowest BCUT2D eigenvalue weighted by Gasteiger charge is -2.34. The van der Waals surface area contributed by atoms with Crippen LogP contribution in [0.2, 0.25) is 0 Å². The smallest absolute Gasteiger partial charge is 0.407 e. The molecule has 0 aromatic heterocycles. The van der Waals surface area contributed by atoms with Crippen LogP contribution in [-0.2, 0) is 14.3 Å². The van der Waals surface area contributed by atoms with Crippen molar-refractivity contribution in [2.45, 2.75) is 38.0 Å². The number of likely N-dealkylation sites (tertiary alicyclic amines) is 1. The van der Waals surface area contributed by atoms with E-state index in [0.29, 0.717) is 19.5 Å². The summed E-state index contributed by atoms with van der Waals surface area (Å²) in [5.41, 5.74) is 4.72. The molecular weight excluding hydrogens is 444 g/mol. The van der Waals surface area contributed by atoms with Crippen LogP contribution in [0.5, 0.6) is 0 Å². The molecule has 1 heterocycles. The quantitative estimate of drug-likeness (QED) is 0.649. The number of carbonyl (C=O) groups is 3. The van der Waals surface area contributed by atoms with Crippen molar-refractivity contribution in [2.24, 2.45) is 17.8 Å². The van der Waals surface area contributed by atoms with E-state index < -0.39 is 18.0 Å². The average molecular weight is 477 g/mol. The number of nitrogens with zero attached hydrogens (tertiary/aromatic N) is 1. The Morgan fingerprint density at radius 2 is 1.63 bits per heavy atom. The number of carboxylic acid groups (broad SMARTS) is 1. The number of rotatable bonds is 6. The van der Waals surface area contributed by atoms with Crippen LogP contribution in [0.1, 0.15) is 49.1 Å². The SMILES string of the molecule is O=C(NC[C@H]1CCC[C@H]1C(=O)N1CCC[C@H](C(=O)O)C1)OCC1c2ccccc2-c2ccccc21. The fourth-order valence-corrected chi connectivity index (χ4v) is 6.08. The zero-order valence-corrected chi connectivity index (χ0v) is 19.8. The highest BCUT2D eigenvalue weighted by Crippen LogP contribution is 2.44. The molecule has 3 atom stereocenters. The number of carbonyl (C=O) groups excluding carboxylic acids is 2. The lowest BCUT2D eigenvalue weighted by atomic mass is 9.92. The molecule has 2 fully saturated rings. The number of amides is 2. The monoisotopic (exact) mass is 476 g/mol. The molecule has 0 bridgehead atoms. The van der Waals surface area contributed by atoms with Crippen molar-refractivity contribution in [3.63, 3.8) is 0 Å². The minimum Gasteiger partial charge on any atom is -0.481 e. The van der Waals surface area contributed by atoms with Crippen molar-refractivity contribution in [1.29, 1.82) is 0 Å². The Balaban J connectivity index is 1.15. The van der Waals surface area contributed by atoms with Gasteiger partial charge in [0.25, 0.3) is 0 Å². The molecule has 3 aliphatic rings. The maximum absolute atomic E-state index is 13.1. The third-order valence-electron chi connectivity index (χ3n) is 7.91. The van der Waals surface area contributed by atoms with Gasteiger partial charge < -0.3 is 20.1 Å². The van der Waals surface area contributed by atoms with Gasteiger partial charge in [0.15, 0.2) is 0 Å². The van der Waals surface area contributed by atoms with Gasteiger partial charge in [-0.3, -0.25) is 9.59 Å². The molecule has 2 aliphatic carbocycles. The Bertz CT molecular complexity index is 1070. The van der Waals surface area contributed by atoms with Gasteiger partial charge >= 0.3 is 12.1 Å². The Hall–Kier alpha value is -3.35. The van der Waals surface area contributed by atoms with Gasteiger partial charge in [-0.05, 0) is 53.9 Å². The number of benzene rings is 2. The van der Waals surface area contributed by atoms with Crippen LogP contribution in [0.4, 0.5) is 4.79 Å². The highest BCUT2D eigenvalue weighted by Gasteiger charge is 2.38. The standard InChI is InChI=1S/C28H32N2O5/c31-26(30-14-6-8-19(16-30)27(32)33)20-13-5-7-18(20)15-29-28(34)35-17-25-23-11-3-1-9-21(23)22-10-2-4-12-24(22)25/h1-4,9-12,18-20,25H,5-8,13-17H2,(H,29,34)(H,32,33)/t18-,19+,20-/m1/s1. The van der Waals surface area contributed by atoms with Gasteiger partial charge in [-0.1, -0.05) is 55.0 Å². The highest BCUT2D eigenvalue weighted by atomic mass is 16.5. The number of fused-ring (bicyclic) bond motifs is 3. The summed E-state index contributed by atoms with van der Waals surface area (Å²) < 4.78 is 5.64. The van der Waals surface area contributed by atoms with Gasteiger partial charge in [0.1, 0.15) is 6.61 Å². The van der Waals surface area contributed by atoms with E-state index >= 15 is 0 Å². The fraction of sp³-hybridized carbons (Fsp3) is 0.464. The number of aliphatic carboxylic acids is 1. The lowest BCUT2D eigenvalue weighted by molar-refractivity contribution is -0.147. The van der Waals surface area contributed by atoms with E-state index in [1.807, 2.05) is 24.3 Å². The largest absolute Gasteiger partial charge is 0.481 e. The highest BCUT2D eigenvalue weighted by molar-refractivity contribution is 5.81. The topological polar surface area (TPSA) is 95.9 Å². The number of hydrogen-bond acceptors (Lipinski definition) is 4. The van der Waals surface area contributed by atoms with Crippen LogP contribution < -0.4 is 5.32 Å². The summed E-state index contributed by atoms with van der Waals surface area (Å²) in [5, 5.41) is 12.2. The van der Waals surface area contributed by atoms with E-state index in [2.05, 4.69) is 29.6 Å². The Morgan fingerprint density at radius 1 is 0.943 bits per heavy atom. The second kappa shape index (κ2) is 10.1. The van der Waals surface area contributed by atoms with Gasteiger partial charge in [-0.2, -0.15) is 0 Å². The predicted molar refractivity (Wildman–Crippen MR) is 131 cm³/mol. The van der Waals surface area contributed by atoms with Crippen molar-refractivity contribution < 1.29 is 24.2 Å². The molecule has 7 nitrogen and oxygen atoms in total. The van der Waals surface area contributed by atoms with E-state index in [1.54, 1.807) is 4.90 Å². The molecular formula is C28H32N2O5. The van der Waals surface area contributed by atoms with E-state index in [4.69, 9.17) is 4.74 Å². The molecule has 1 aliphatic heterocycles. The van der Waals surface area contributed by atoms with Crippen LogP contribution in [0.3, 0.4) is 0 Å². The number of alkyl carbamates (subject to hydrolysis) is 1. The van der Waals surface area contributed by atoms with Crippen LogP contribution in [-0.4, -0.2) is 54.2 Å². The van der Waals surface area contributed by atoms with Gasteiger partial charge in [-0.15, -0.1) is 0 Å². The summed E-state index contributed by atoms with van der Waals surface area (Å²) in [6.07, 6.45) is 3.47. The molecule has 0 unspecified atom stereocenters. The molecule has 184 valence electrons. The average Bonchev–Trinajstić information content (AvgIpc) is 3.48. The number of piperidine rings is 1. The first kappa shape index (κ1) is 23.4. The lowest BCUT2D eigenvalue weighted by Crippen LogP contribution is -2.46. The summed E-state index contributed by atoms with van der Waals surface area (Å²) in [4.78, 5) is 38.8. The van der Waals surface area contributed by atoms with Gasteiger partial charge in [0.05, 0.1) is 5.92 Å². The molecule has 0 radical (unpaired) electrons. The van der Waals surface area contributed by atoms with E-state index in [9.17, 15) is 19.5 Å². The van der Waals surface area contributed by atoms with E-state index in [-0.39, 0.29) is 36.8 Å². The number of nitrogens with one attached hydrogen (secondary N) is 1.